The summed E-state index contributed by atoms with van der Waals surface area (Å²) in [7, 11) is 0. The van der Waals surface area contributed by atoms with Crippen molar-refractivity contribution >= 4 is 0 Å². The van der Waals surface area contributed by atoms with Crippen molar-refractivity contribution in [3.63, 3.8) is 0 Å². The van der Waals surface area contributed by atoms with Crippen molar-refractivity contribution in [1.82, 2.24) is 14.9 Å². The molecule has 0 bridgehead atoms. The Hall–Kier alpha value is -2.92. The summed E-state index contributed by atoms with van der Waals surface area (Å²) >= 11 is 0. The smallest absolute Gasteiger partial charge is 0.310 e. The number of nitrogens with one attached hydrogen (secondary N) is 2. The summed E-state index contributed by atoms with van der Waals surface area (Å²) in [5.41, 5.74) is 2.11. The van der Waals surface area contributed by atoms with E-state index >= 15 is 0 Å². The van der Waals surface area contributed by atoms with E-state index in [1.807, 2.05) is 36.4 Å². The van der Waals surface area contributed by atoms with Crippen LogP contribution in [0, 0.1) is 0 Å². The lowest BCUT2D eigenvalue weighted by Gasteiger charge is -2.22. The number of H-pyrrole nitrogens is 2. The summed E-state index contributed by atoms with van der Waals surface area (Å²) in [4.78, 5) is 30.1. The normalized spacial score (nSPS) is 10.9. The minimum atomic E-state index is -0.475. The van der Waals surface area contributed by atoms with E-state index in [1.165, 1.54) is 17.2 Å². The Morgan fingerprint density at radius 2 is 1.25 bits per heavy atom. The summed E-state index contributed by atoms with van der Waals surface area (Å²) < 4.78 is 0. The zero-order valence-electron chi connectivity index (χ0n) is 13.2. The zero-order chi connectivity index (χ0) is 16.8. The maximum absolute atomic E-state index is 11.5. The minimum absolute atomic E-state index is 0.381. The van der Waals surface area contributed by atoms with Crippen LogP contribution in [0.25, 0.3) is 0 Å². The van der Waals surface area contributed by atoms with Gasteiger partial charge in [-0.1, -0.05) is 60.7 Å². The summed E-state index contributed by atoms with van der Waals surface area (Å²) in [5, 5.41) is 0. The number of aromatic amines is 2. The van der Waals surface area contributed by atoms with Gasteiger partial charge < -0.3 is 4.98 Å². The van der Waals surface area contributed by atoms with Gasteiger partial charge in [-0.3, -0.25) is 14.7 Å². The molecule has 24 heavy (non-hydrogen) atoms. The summed E-state index contributed by atoms with van der Waals surface area (Å²) in [5.74, 6) is 0. The lowest BCUT2D eigenvalue weighted by Crippen LogP contribution is -2.28. The number of benzene rings is 2. The van der Waals surface area contributed by atoms with Crippen LogP contribution in [0.4, 0.5) is 0 Å². The van der Waals surface area contributed by atoms with Gasteiger partial charge in [-0.2, -0.15) is 0 Å². The van der Waals surface area contributed by atoms with Gasteiger partial charge >= 0.3 is 5.69 Å². The second kappa shape index (κ2) is 7.57. The van der Waals surface area contributed by atoms with Crippen LogP contribution in [0.5, 0.6) is 0 Å². The van der Waals surface area contributed by atoms with E-state index in [4.69, 9.17) is 0 Å². The fourth-order valence-electron chi connectivity index (χ4n) is 2.70. The second-order valence-corrected chi connectivity index (χ2v) is 5.73. The first-order chi connectivity index (χ1) is 11.7. The number of hydrogen-bond donors (Lipinski definition) is 2. The van der Waals surface area contributed by atoms with E-state index < -0.39 is 5.69 Å². The van der Waals surface area contributed by atoms with Crippen LogP contribution in [0.15, 0.2) is 76.3 Å². The molecule has 3 rings (SSSR count). The average molecular weight is 321 g/mol. The van der Waals surface area contributed by atoms with E-state index in [9.17, 15) is 9.59 Å². The van der Waals surface area contributed by atoms with Gasteiger partial charge in [0.25, 0.3) is 5.56 Å². The molecule has 2 N–H and O–H groups in total. The monoisotopic (exact) mass is 321 g/mol. The molecule has 5 heteroatoms. The van der Waals surface area contributed by atoms with Gasteiger partial charge in [0.15, 0.2) is 0 Å². The zero-order valence-corrected chi connectivity index (χ0v) is 13.2. The van der Waals surface area contributed by atoms with Crippen molar-refractivity contribution in [1.29, 1.82) is 0 Å². The van der Waals surface area contributed by atoms with E-state index in [2.05, 4.69) is 39.1 Å². The molecule has 0 spiro atoms. The molecule has 122 valence electrons. The first-order valence-electron chi connectivity index (χ1n) is 7.82. The quantitative estimate of drug-likeness (QED) is 0.732. The van der Waals surface area contributed by atoms with E-state index in [-0.39, 0.29) is 5.56 Å². The van der Waals surface area contributed by atoms with Gasteiger partial charge in [-0.25, -0.2) is 4.79 Å². The standard InChI is InChI=1S/C19H19N3O2/c23-18-11-17(20-19(24)21-18)14-22(12-15-7-3-1-4-8-15)13-16-9-5-2-6-10-16/h1-11H,12-14H2,(H2,20,21,23,24). The maximum Gasteiger partial charge on any atom is 0.325 e. The van der Waals surface area contributed by atoms with Crippen molar-refractivity contribution in [2.24, 2.45) is 0 Å². The van der Waals surface area contributed by atoms with Crippen LogP contribution in [0.1, 0.15) is 16.8 Å². The van der Waals surface area contributed by atoms with Crippen LogP contribution in [0.3, 0.4) is 0 Å². The lowest BCUT2D eigenvalue weighted by molar-refractivity contribution is 0.244. The number of hydrogen-bond acceptors (Lipinski definition) is 3. The predicted octanol–water partition coefficient (Wildman–Crippen LogP) is 2.27. The molecular weight excluding hydrogens is 302 g/mol. The summed E-state index contributed by atoms with van der Waals surface area (Å²) in [6.07, 6.45) is 0. The van der Waals surface area contributed by atoms with Crippen molar-refractivity contribution in [3.8, 4) is 0 Å². The van der Waals surface area contributed by atoms with Crippen LogP contribution in [0.2, 0.25) is 0 Å². The molecule has 0 saturated carbocycles. The lowest BCUT2D eigenvalue weighted by atomic mass is 10.1. The fourth-order valence-corrected chi connectivity index (χ4v) is 2.70. The minimum Gasteiger partial charge on any atom is -0.310 e. The summed E-state index contributed by atoms with van der Waals surface area (Å²) in [6, 6.07) is 21.7. The van der Waals surface area contributed by atoms with Crippen LogP contribution in [-0.4, -0.2) is 14.9 Å². The second-order valence-electron chi connectivity index (χ2n) is 5.73. The van der Waals surface area contributed by atoms with E-state index in [1.54, 1.807) is 0 Å². The largest absolute Gasteiger partial charge is 0.325 e. The maximum atomic E-state index is 11.5. The molecule has 0 saturated heterocycles. The number of rotatable bonds is 6. The molecule has 0 radical (unpaired) electrons. The third kappa shape index (κ3) is 4.54. The Balaban J connectivity index is 1.83. The van der Waals surface area contributed by atoms with Crippen molar-refractivity contribution in [2.45, 2.75) is 19.6 Å². The highest BCUT2D eigenvalue weighted by Crippen LogP contribution is 2.12. The predicted molar refractivity (Wildman–Crippen MR) is 93.5 cm³/mol. The molecule has 0 amide bonds. The number of aromatic nitrogens is 2. The first-order valence-corrected chi connectivity index (χ1v) is 7.82. The molecule has 0 fully saturated rings. The Labute approximate surface area is 139 Å². The molecule has 3 aromatic rings. The SMILES string of the molecule is O=c1cc(CN(Cc2ccccc2)Cc2ccccc2)[nH]c(=O)[nH]1. The molecule has 1 aromatic heterocycles. The molecule has 1 heterocycles. The third-order valence-corrected chi connectivity index (χ3v) is 3.71. The average Bonchev–Trinajstić information content (AvgIpc) is 2.55. The highest BCUT2D eigenvalue weighted by molar-refractivity contribution is 5.17. The van der Waals surface area contributed by atoms with Crippen LogP contribution < -0.4 is 11.2 Å². The molecule has 2 aromatic carbocycles. The van der Waals surface area contributed by atoms with Crippen molar-refractivity contribution < 1.29 is 0 Å². The number of nitrogens with zero attached hydrogens (tertiary/aromatic N) is 1. The Morgan fingerprint density at radius 1 is 0.708 bits per heavy atom. The van der Waals surface area contributed by atoms with Gasteiger partial charge in [-0.05, 0) is 11.1 Å². The Kier molecular flexibility index (Phi) is 5.03. The first kappa shape index (κ1) is 16.0. The van der Waals surface area contributed by atoms with Gasteiger partial charge in [-0.15, -0.1) is 0 Å². The summed E-state index contributed by atoms with van der Waals surface area (Å²) in [6.45, 7) is 1.94. The van der Waals surface area contributed by atoms with Gasteiger partial charge in [0.05, 0.1) is 0 Å². The fraction of sp³-hybridized carbons (Fsp3) is 0.158. The topological polar surface area (TPSA) is 69.0 Å². The van der Waals surface area contributed by atoms with Gasteiger partial charge in [0, 0.05) is 31.4 Å². The van der Waals surface area contributed by atoms with Gasteiger partial charge in [0.2, 0.25) is 0 Å². The third-order valence-electron chi connectivity index (χ3n) is 3.71. The van der Waals surface area contributed by atoms with Crippen molar-refractivity contribution in [2.75, 3.05) is 0 Å². The highest BCUT2D eigenvalue weighted by atomic mass is 16.2. The van der Waals surface area contributed by atoms with Crippen molar-refractivity contribution in [3.05, 3.63) is 104 Å². The Morgan fingerprint density at radius 3 is 1.75 bits per heavy atom. The molecule has 0 atom stereocenters. The molecule has 0 aliphatic heterocycles. The van der Waals surface area contributed by atoms with E-state index in [0.29, 0.717) is 12.2 Å². The van der Waals surface area contributed by atoms with Gasteiger partial charge in [0.1, 0.15) is 0 Å². The molecule has 0 aliphatic carbocycles. The van der Waals surface area contributed by atoms with Crippen LogP contribution in [-0.2, 0) is 19.6 Å². The molecule has 5 nitrogen and oxygen atoms in total. The molecule has 0 aliphatic rings. The van der Waals surface area contributed by atoms with E-state index in [0.717, 1.165) is 13.1 Å². The van der Waals surface area contributed by atoms with Crippen LogP contribution >= 0.6 is 0 Å². The Bertz CT molecular complexity index is 816. The molecular formula is C19H19N3O2. The highest BCUT2D eigenvalue weighted by Gasteiger charge is 2.09. The molecule has 0 unspecified atom stereocenters.